The zero-order chi connectivity index (χ0) is 22.5. The molecule has 2 amide bonds. The van der Waals surface area contributed by atoms with E-state index in [9.17, 15) is 19.7 Å². The molecule has 0 aliphatic carbocycles. The van der Waals surface area contributed by atoms with Crippen molar-refractivity contribution in [3.63, 3.8) is 0 Å². The van der Waals surface area contributed by atoms with Gasteiger partial charge in [0.25, 0.3) is 11.6 Å². The fourth-order valence-corrected chi connectivity index (χ4v) is 3.98. The SMILES string of the molecule is O=C(CCCc1ccccc1)N1CCN(C(=O)c2cc3c(cc2[N+](=O)[O-])OCCO3)CC1. The van der Waals surface area contributed by atoms with Crippen LogP contribution in [0.25, 0.3) is 0 Å². The van der Waals surface area contributed by atoms with Crippen molar-refractivity contribution >= 4 is 17.5 Å². The largest absolute Gasteiger partial charge is 0.486 e. The van der Waals surface area contributed by atoms with E-state index in [1.54, 1.807) is 9.80 Å². The maximum atomic E-state index is 13.0. The van der Waals surface area contributed by atoms with Gasteiger partial charge in [-0.3, -0.25) is 19.7 Å². The summed E-state index contributed by atoms with van der Waals surface area (Å²) in [5.74, 6) is 0.228. The molecular formula is C23H25N3O6. The lowest BCUT2D eigenvalue weighted by Gasteiger charge is -2.35. The summed E-state index contributed by atoms with van der Waals surface area (Å²) < 4.78 is 10.9. The molecule has 9 heteroatoms. The second-order valence-corrected chi connectivity index (χ2v) is 7.78. The van der Waals surface area contributed by atoms with Gasteiger partial charge in [0.2, 0.25) is 5.91 Å². The van der Waals surface area contributed by atoms with Gasteiger partial charge in [0, 0.05) is 38.7 Å². The Balaban J connectivity index is 1.34. The number of nitro benzene ring substituents is 1. The van der Waals surface area contributed by atoms with Gasteiger partial charge in [-0.2, -0.15) is 0 Å². The lowest BCUT2D eigenvalue weighted by atomic mass is 10.1. The first-order valence-corrected chi connectivity index (χ1v) is 10.7. The summed E-state index contributed by atoms with van der Waals surface area (Å²) in [6.45, 7) is 2.11. The molecule has 32 heavy (non-hydrogen) atoms. The highest BCUT2D eigenvalue weighted by molar-refractivity contribution is 5.99. The normalized spacial score (nSPS) is 15.4. The lowest BCUT2D eigenvalue weighted by Crippen LogP contribution is -2.50. The van der Waals surface area contributed by atoms with Crippen molar-refractivity contribution in [2.45, 2.75) is 19.3 Å². The number of rotatable bonds is 6. The van der Waals surface area contributed by atoms with Crippen molar-refractivity contribution in [1.82, 2.24) is 9.80 Å². The van der Waals surface area contributed by atoms with Crippen LogP contribution < -0.4 is 9.47 Å². The number of carbonyl (C=O) groups excluding carboxylic acids is 2. The van der Waals surface area contributed by atoms with Crippen molar-refractivity contribution in [1.29, 1.82) is 0 Å². The van der Waals surface area contributed by atoms with Crippen LogP contribution in [0.1, 0.15) is 28.8 Å². The molecule has 2 aliphatic rings. The Bertz CT molecular complexity index is 1000. The van der Waals surface area contributed by atoms with Gasteiger partial charge >= 0.3 is 0 Å². The molecule has 2 aliphatic heterocycles. The van der Waals surface area contributed by atoms with Crippen molar-refractivity contribution in [3.8, 4) is 11.5 Å². The summed E-state index contributed by atoms with van der Waals surface area (Å²) >= 11 is 0. The van der Waals surface area contributed by atoms with Crippen LogP contribution >= 0.6 is 0 Å². The number of piperazine rings is 1. The Hall–Kier alpha value is -3.62. The molecule has 2 aromatic carbocycles. The van der Waals surface area contributed by atoms with Crippen LogP contribution in [0.4, 0.5) is 5.69 Å². The van der Waals surface area contributed by atoms with E-state index >= 15 is 0 Å². The van der Waals surface area contributed by atoms with Crippen LogP contribution in [0.5, 0.6) is 11.5 Å². The monoisotopic (exact) mass is 439 g/mol. The fraction of sp³-hybridized carbons (Fsp3) is 0.391. The first-order chi connectivity index (χ1) is 15.5. The van der Waals surface area contributed by atoms with Gasteiger partial charge in [-0.05, 0) is 18.4 Å². The molecule has 0 aromatic heterocycles. The van der Waals surface area contributed by atoms with Crippen LogP contribution in [0.15, 0.2) is 42.5 Å². The van der Waals surface area contributed by atoms with Crippen LogP contribution in [0.3, 0.4) is 0 Å². The smallest absolute Gasteiger partial charge is 0.286 e. The second-order valence-electron chi connectivity index (χ2n) is 7.78. The zero-order valence-electron chi connectivity index (χ0n) is 17.7. The molecule has 2 aromatic rings. The number of fused-ring (bicyclic) bond motifs is 1. The Labute approximate surface area is 185 Å². The third kappa shape index (κ3) is 4.82. The van der Waals surface area contributed by atoms with Crippen molar-refractivity contribution in [3.05, 3.63) is 63.7 Å². The summed E-state index contributed by atoms with van der Waals surface area (Å²) in [4.78, 5) is 39.8. The van der Waals surface area contributed by atoms with Crippen molar-refractivity contribution in [2.75, 3.05) is 39.4 Å². The summed E-state index contributed by atoms with van der Waals surface area (Å²) in [5, 5.41) is 11.5. The van der Waals surface area contributed by atoms with Crippen LogP contribution in [-0.4, -0.2) is 65.9 Å². The molecule has 4 rings (SSSR count). The average Bonchev–Trinajstić information content (AvgIpc) is 2.83. The quantitative estimate of drug-likeness (QED) is 0.507. The zero-order valence-corrected chi connectivity index (χ0v) is 17.7. The number of hydrogen-bond donors (Lipinski definition) is 0. The Kier molecular flexibility index (Phi) is 6.53. The number of ether oxygens (including phenoxy) is 2. The number of carbonyl (C=O) groups is 2. The molecule has 1 saturated heterocycles. The molecule has 1 fully saturated rings. The Morgan fingerprint density at radius 1 is 0.938 bits per heavy atom. The van der Waals surface area contributed by atoms with Gasteiger partial charge in [0.15, 0.2) is 11.5 Å². The highest BCUT2D eigenvalue weighted by Crippen LogP contribution is 2.37. The molecule has 0 bridgehead atoms. The van der Waals surface area contributed by atoms with Gasteiger partial charge in [-0.25, -0.2) is 0 Å². The van der Waals surface area contributed by atoms with Gasteiger partial charge in [-0.15, -0.1) is 0 Å². The second kappa shape index (κ2) is 9.67. The van der Waals surface area contributed by atoms with Gasteiger partial charge in [-0.1, -0.05) is 30.3 Å². The standard InChI is InChI=1S/C23H25N3O6/c27-22(8-4-7-17-5-2-1-3-6-17)24-9-11-25(12-10-24)23(28)18-15-20-21(32-14-13-31-20)16-19(18)26(29)30/h1-3,5-6,15-16H,4,7-14H2. The average molecular weight is 439 g/mol. The summed E-state index contributed by atoms with van der Waals surface area (Å²) in [6, 6.07) is 12.7. The number of hydrogen-bond acceptors (Lipinski definition) is 6. The molecule has 0 spiro atoms. The minimum absolute atomic E-state index is 0.0260. The molecule has 9 nitrogen and oxygen atoms in total. The predicted molar refractivity (Wildman–Crippen MR) is 116 cm³/mol. The number of benzene rings is 2. The molecule has 0 saturated carbocycles. The van der Waals surface area contributed by atoms with E-state index in [-0.39, 0.29) is 22.9 Å². The molecule has 168 valence electrons. The minimum Gasteiger partial charge on any atom is -0.486 e. The van der Waals surface area contributed by atoms with Crippen LogP contribution in [0.2, 0.25) is 0 Å². The first kappa shape index (κ1) is 21.6. The molecule has 2 heterocycles. The van der Waals surface area contributed by atoms with Crippen LogP contribution in [0, 0.1) is 10.1 Å². The minimum atomic E-state index is -0.585. The highest BCUT2D eigenvalue weighted by atomic mass is 16.6. The lowest BCUT2D eigenvalue weighted by molar-refractivity contribution is -0.385. The molecular weight excluding hydrogens is 414 g/mol. The topological polar surface area (TPSA) is 102 Å². The van der Waals surface area contributed by atoms with Crippen molar-refractivity contribution in [2.24, 2.45) is 0 Å². The van der Waals surface area contributed by atoms with E-state index in [2.05, 4.69) is 0 Å². The summed E-state index contributed by atoms with van der Waals surface area (Å²) in [7, 11) is 0. The van der Waals surface area contributed by atoms with E-state index in [1.165, 1.54) is 17.7 Å². The number of nitrogens with zero attached hydrogens (tertiary/aromatic N) is 3. The predicted octanol–water partition coefficient (Wildman–Crippen LogP) is 2.67. The third-order valence-corrected chi connectivity index (χ3v) is 5.71. The van der Waals surface area contributed by atoms with E-state index in [1.807, 2.05) is 30.3 Å². The Morgan fingerprint density at radius 2 is 1.56 bits per heavy atom. The first-order valence-electron chi connectivity index (χ1n) is 10.7. The molecule has 0 N–H and O–H groups in total. The van der Waals surface area contributed by atoms with E-state index in [4.69, 9.17) is 9.47 Å². The van der Waals surface area contributed by atoms with Crippen LogP contribution in [-0.2, 0) is 11.2 Å². The third-order valence-electron chi connectivity index (χ3n) is 5.71. The fourth-order valence-electron chi connectivity index (χ4n) is 3.98. The van der Waals surface area contributed by atoms with Gasteiger partial charge in [0.1, 0.15) is 18.8 Å². The Morgan fingerprint density at radius 3 is 2.22 bits per heavy atom. The van der Waals surface area contributed by atoms with E-state index in [0.717, 1.165) is 12.8 Å². The number of amides is 2. The number of aryl methyl sites for hydroxylation is 1. The highest BCUT2D eigenvalue weighted by Gasteiger charge is 2.31. The summed E-state index contributed by atoms with van der Waals surface area (Å²) in [5.41, 5.74) is 0.872. The van der Waals surface area contributed by atoms with Crippen molar-refractivity contribution < 1.29 is 24.0 Å². The van der Waals surface area contributed by atoms with Gasteiger partial charge < -0.3 is 19.3 Å². The van der Waals surface area contributed by atoms with E-state index in [0.29, 0.717) is 51.6 Å². The van der Waals surface area contributed by atoms with E-state index < -0.39 is 10.8 Å². The summed E-state index contributed by atoms with van der Waals surface area (Å²) in [6.07, 6.45) is 2.07. The maximum absolute atomic E-state index is 13.0. The molecule has 0 radical (unpaired) electrons. The van der Waals surface area contributed by atoms with Gasteiger partial charge in [0.05, 0.1) is 11.0 Å². The number of nitro groups is 1. The maximum Gasteiger partial charge on any atom is 0.286 e. The molecule has 0 unspecified atom stereocenters. The molecule has 0 atom stereocenters.